The fraction of sp³-hybridized carbons (Fsp3) is 0.167. The zero-order valence-electron chi connectivity index (χ0n) is 15.8. The number of anilines is 1. The maximum absolute atomic E-state index is 14.1. The summed E-state index contributed by atoms with van der Waals surface area (Å²) in [5.41, 5.74) is 3.01. The van der Waals surface area contributed by atoms with Crippen molar-refractivity contribution in [3.05, 3.63) is 101 Å². The van der Waals surface area contributed by atoms with E-state index in [1.54, 1.807) is 11.0 Å². The van der Waals surface area contributed by atoms with Crippen LogP contribution in [0.3, 0.4) is 0 Å². The summed E-state index contributed by atoms with van der Waals surface area (Å²) >= 11 is 0. The molecule has 0 saturated heterocycles. The Hall–Kier alpha value is -3.47. The molecule has 1 aliphatic heterocycles. The number of hydrogen-bond donors (Lipinski definition) is 1. The highest BCUT2D eigenvalue weighted by molar-refractivity contribution is 5.97. The van der Waals surface area contributed by atoms with Crippen LogP contribution in [0.2, 0.25) is 0 Å². The van der Waals surface area contributed by atoms with Crippen molar-refractivity contribution < 1.29 is 14.0 Å². The molecule has 1 atom stereocenters. The molecule has 0 radical (unpaired) electrons. The highest BCUT2D eigenvalue weighted by atomic mass is 19.1. The predicted molar refractivity (Wildman–Crippen MR) is 110 cm³/mol. The molecule has 0 fully saturated rings. The largest absolute Gasteiger partial charge is 0.324 e. The van der Waals surface area contributed by atoms with Crippen LogP contribution >= 0.6 is 0 Å². The van der Waals surface area contributed by atoms with Gasteiger partial charge in [0, 0.05) is 17.7 Å². The molecule has 3 aromatic rings. The van der Waals surface area contributed by atoms with E-state index in [1.165, 1.54) is 12.1 Å². The van der Waals surface area contributed by atoms with E-state index in [2.05, 4.69) is 5.32 Å². The van der Waals surface area contributed by atoms with Crippen LogP contribution in [0.1, 0.15) is 29.2 Å². The minimum absolute atomic E-state index is 0.0799. The summed E-state index contributed by atoms with van der Waals surface area (Å²) in [6.07, 6.45) is 0.848. The molecule has 2 amide bonds. The van der Waals surface area contributed by atoms with Crippen molar-refractivity contribution in [2.75, 3.05) is 11.9 Å². The van der Waals surface area contributed by atoms with E-state index < -0.39 is 11.9 Å². The van der Waals surface area contributed by atoms with Crippen LogP contribution in [-0.4, -0.2) is 23.3 Å². The van der Waals surface area contributed by atoms with Crippen LogP contribution < -0.4 is 5.32 Å². The van der Waals surface area contributed by atoms with Gasteiger partial charge in [-0.15, -0.1) is 0 Å². The second-order valence-electron chi connectivity index (χ2n) is 7.10. The van der Waals surface area contributed by atoms with E-state index in [0.29, 0.717) is 17.7 Å². The Labute approximate surface area is 169 Å². The van der Waals surface area contributed by atoms with Crippen molar-refractivity contribution in [1.82, 2.24) is 4.90 Å². The first kappa shape index (κ1) is 18.9. The molecule has 1 aliphatic rings. The molecule has 0 saturated carbocycles. The molecule has 29 heavy (non-hydrogen) atoms. The van der Waals surface area contributed by atoms with Gasteiger partial charge in [0.05, 0.1) is 6.04 Å². The van der Waals surface area contributed by atoms with Gasteiger partial charge < -0.3 is 10.2 Å². The summed E-state index contributed by atoms with van der Waals surface area (Å²) in [6, 6.07) is 22.9. The number of aryl methyl sites for hydroxylation is 1. The van der Waals surface area contributed by atoms with Gasteiger partial charge in [-0.25, -0.2) is 4.39 Å². The zero-order valence-corrected chi connectivity index (χ0v) is 15.8. The van der Waals surface area contributed by atoms with Gasteiger partial charge in [-0.05, 0) is 35.7 Å². The van der Waals surface area contributed by atoms with Gasteiger partial charge in [0.15, 0.2) is 0 Å². The highest BCUT2D eigenvalue weighted by Gasteiger charge is 2.33. The fourth-order valence-corrected chi connectivity index (χ4v) is 3.74. The Morgan fingerprint density at radius 1 is 1.00 bits per heavy atom. The van der Waals surface area contributed by atoms with Gasteiger partial charge in [0.25, 0.3) is 0 Å². The van der Waals surface area contributed by atoms with Crippen LogP contribution in [0.15, 0.2) is 78.9 Å². The number of carbonyl (C=O) groups excluding carboxylic acids is 2. The first-order chi connectivity index (χ1) is 14.1. The summed E-state index contributed by atoms with van der Waals surface area (Å²) in [5.74, 6) is -0.836. The number of amides is 2. The fourth-order valence-electron chi connectivity index (χ4n) is 3.74. The molecule has 1 N–H and O–H groups in total. The lowest BCUT2D eigenvalue weighted by Crippen LogP contribution is -2.39. The number of benzene rings is 3. The highest BCUT2D eigenvalue weighted by Crippen LogP contribution is 2.36. The summed E-state index contributed by atoms with van der Waals surface area (Å²) in [6.45, 7) is -0.0799. The maximum atomic E-state index is 14.1. The van der Waals surface area contributed by atoms with E-state index in [-0.39, 0.29) is 24.8 Å². The molecule has 4 nitrogen and oxygen atoms in total. The summed E-state index contributed by atoms with van der Waals surface area (Å²) in [5, 5.41) is 2.81. The Kier molecular flexibility index (Phi) is 5.38. The van der Waals surface area contributed by atoms with E-state index in [9.17, 15) is 14.0 Å². The van der Waals surface area contributed by atoms with Crippen LogP contribution in [0.4, 0.5) is 10.1 Å². The van der Waals surface area contributed by atoms with Gasteiger partial charge in [-0.3, -0.25) is 9.59 Å². The van der Waals surface area contributed by atoms with Crippen LogP contribution in [0, 0.1) is 5.82 Å². The molecule has 4 rings (SSSR count). The normalized spacial score (nSPS) is 16.0. The topological polar surface area (TPSA) is 49.4 Å². The predicted octanol–water partition coefficient (Wildman–Crippen LogP) is 4.33. The summed E-state index contributed by atoms with van der Waals surface area (Å²) < 4.78 is 14.1. The minimum atomic E-state index is -0.538. The van der Waals surface area contributed by atoms with Gasteiger partial charge in [-0.1, -0.05) is 60.7 Å². The minimum Gasteiger partial charge on any atom is -0.324 e. The molecule has 3 aromatic carbocycles. The number of carbonyl (C=O) groups is 2. The SMILES string of the molecule is O=C1CN(C(=O)CCc2ccccc2)[C@H](c2ccccc2)c2cc(F)ccc2N1. The molecular formula is C24H21FN2O2. The molecular weight excluding hydrogens is 367 g/mol. The molecule has 0 aromatic heterocycles. The number of nitrogens with one attached hydrogen (secondary N) is 1. The van der Waals surface area contributed by atoms with Gasteiger partial charge in [0.2, 0.25) is 11.8 Å². The Morgan fingerprint density at radius 3 is 2.41 bits per heavy atom. The van der Waals surface area contributed by atoms with Crippen molar-refractivity contribution in [2.45, 2.75) is 18.9 Å². The first-order valence-electron chi connectivity index (χ1n) is 9.59. The maximum Gasteiger partial charge on any atom is 0.244 e. The Balaban J connectivity index is 1.71. The summed E-state index contributed by atoms with van der Waals surface area (Å²) in [7, 11) is 0. The third kappa shape index (κ3) is 4.19. The van der Waals surface area contributed by atoms with E-state index in [4.69, 9.17) is 0 Å². The van der Waals surface area contributed by atoms with Crippen LogP contribution in [-0.2, 0) is 16.0 Å². The average Bonchev–Trinajstić information content (AvgIpc) is 2.89. The first-order valence-corrected chi connectivity index (χ1v) is 9.59. The molecule has 1 heterocycles. The van der Waals surface area contributed by atoms with E-state index in [0.717, 1.165) is 11.1 Å². The molecule has 0 aliphatic carbocycles. The lowest BCUT2D eigenvalue weighted by molar-refractivity contribution is -0.136. The smallest absolute Gasteiger partial charge is 0.244 e. The van der Waals surface area contributed by atoms with Crippen molar-refractivity contribution >= 4 is 17.5 Å². The second kappa shape index (κ2) is 8.27. The molecule has 0 bridgehead atoms. The number of rotatable bonds is 4. The number of nitrogens with zero attached hydrogens (tertiary/aromatic N) is 1. The quantitative estimate of drug-likeness (QED) is 0.723. The van der Waals surface area contributed by atoms with Gasteiger partial charge in [0.1, 0.15) is 12.4 Å². The average molecular weight is 388 g/mol. The van der Waals surface area contributed by atoms with Crippen molar-refractivity contribution in [3.63, 3.8) is 0 Å². The van der Waals surface area contributed by atoms with Crippen molar-refractivity contribution in [1.29, 1.82) is 0 Å². The third-order valence-electron chi connectivity index (χ3n) is 5.11. The van der Waals surface area contributed by atoms with Crippen molar-refractivity contribution in [3.8, 4) is 0 Å². The lowest BCUT2D eigenvalue weighted by Gasteiger charge is -2.30. The second-order valence-corrected chi connectivity index (χ2v) is 7.10. The van der Waals surface area contributed by atoms with Crippen LogP contribution in [0.5, 0.6) is 0 Å². The summed E-state index contributed by atoms with van der Waals surface area (Å²) in [4.78, 5) is 27.3. The molecule has 0 unspecified atom stereocenters. The van der Waals surface area contributed by atoms with Crippen LogP contribution in [0.25, 0.3) is 0 Å². The number of halogens is 1. The number of hydrogen-bond acceptors (Lipinski definition) is 2. The zero-order chi connectivity index (χ0) is 20.2. The van der Waals surface area contributed by atoms with E-state index >= 15 is 0 Å². The standard InChI is InChI=1S/C24H21FN2O2/c25-19-12-13-21-20(15-19)24(18-9-5-2-6-10-18)27(16-22(28)26-21)23(29)14-11-17-7-3-1-4-8-17/h1-10,12-13,15,24H,11,14,16H2,(H,26,28)/t24-/m1/s1. The third-order valence-corrected chi connectivity index (χ3v) is 5.11. The lowest BCUT2D eigenvalue weighted by atomic mass is 9.95. The van der Waals surface area contributed by atoms with Gasteiger partial charge >= 0.3 is 0 Å². The monoisotopic (exact) mass is 388 g/mol. The van der Waals surface area contributed by atoms with Crippen molar-refractivity contribution in [2.24, 2.45) is 0 Å². The number of fused-ring (bicyclic) bond motifs is 1. The van der Waals surface area contributed by atoms with E-state index in [1.807, 2.05) is 60.7 Å². The molecule has 146 valence electrons. The molecule has 0 spiro atoms. The molecule has 5 heteroatoms. The Bertz CT molecular complexity index is 1020. The Morgan fingerprint density at radius 2 is 1.69 bits per heavy atom. The van der Waals surface area contributed by atoms with Gasteiger partial charge in [-0.2, -0.15) is 0 Å².